The van der Waals surface area contributed by atoms with Crippen LogP contribution in [-0.4, -0.2) is 66.1 Å². The number of carboxylic acid groups (broad SMARTS) is 1. The van der Waals surface area contributed by atoms with Crippen LogP contribution in [0.2, 0.25) is 0 Å². The van der Waals surface area contributed by atoms with Gasteiger partial charge in [-0.1, -0.05) is 6.07 Å². The molecule has 1 fully saturated rings. The second-order valence-corrected chi connectivity index (χ2v) is 7.23. The van der Waals surface area contributed by atoms with E-state index in [4.69, 9.17) is 0 Å². The molecule has 7 nitrogen and oxygen atoms in total. The minimum atomic E-state index is -3.38. The van der Waals surface area contributed by atoms with Gasteiger partial charge in [0.25, 0.3) is 0 Å². The Bertz CT molecular complexity index is 591. The Kier molecular flexibility index (Phi) is 4.92. The van der Waals surface area contributed by atoms with Crippen molar-refractivity contribution in [3.63, 3.8) is 0 Å². The van der Waals surface area contributed by atoms with Crippen molar-refractivity contribution < 1.29 is 18.3 Å². The Morgan fingerprint density at radius 3 is 2.76 bits per heavy atom. The lowest BCUT2D eigenvalue weighted by molar-refractivity contribution is -0.142. The summed E-state index contributed by atoms with van der Waals surface area (Å²) >= 11 is 0. The van der Waals surface area contributed by atoms with Gasteiger partial charge in [-0.3, -0.25) is 14.7 Å². The predicted octanol–water partition coefficient (Wildman–Crippen LogP) is -0.140. The van der Waals surface area contributed by atoms with Crippen LogP contribution in [0.5, 0.6) is 0 Å². The zero-order valence-electron chi connectivity index (χ0n) is 11.8. The van der Waals surface area contributed by atoms with Crippen LogP contribution in [0.4, 0.5) is 0 Å². The summed E-state index contributed by atoms with van der Waals surface area (Å²) in [5, 5.41) is 9.27. The van der Waals surface area contributed by atoms with E-state index in [2.05, 4.69) is 4.98 Å². The lowest BCUT2D eigenvalue weighted by Gasteiger charge is -2.21. The van der Waals surface area contributed by atoms with E-state index in [1.165, 1.54) is 4.31 Å². The van der Waals surface area contributed by atoms with Crippen LogP contribution in [-0.2, 0) is 21.4 Å². The van der Waals surface area contributed by atoms with Crippen molar-refractivity contribution in [2.75, 3.05) is 32.4 Å². The van der Waals surface area contributed by atoms with Crippen LogP contribution in [0.1, 0.15) is 5.56 Å². The lowest BCUT2D eigenvalue weighted by atomic mass is 10.1. The first kappa shape index (κ1) is 15.9. The summed E-state index contributed by atoms with van der Waals surface area (Å²) in [6.45, 7) is 1.73. The van der Waals surface area contributed by atoms with E-state index in [1.54, 1.807) is 12.4 Å². The molecule has 2 rings (SSSR count). The molecule has 1 aliphatic heterocycles. The molecule has 0 spiro atoms. The highest BCUT2D eigenvalue weighted by Crippen LogP contribution is 2.15. The number of aromatic nitrogens is 1. The van der Waals surface area contributed by atoms with Gasteiger partial charge in [0.05, 0.1) is 12.2 Å². The van der Waals surface area contributed by atoms with E-state index in [0.717, 1.165) is 11.8 Å². The zero-order chi connectivity index (χ0) is 15.5. The van der Waals surface area contributed by atoms with E-state index in [9.17, 15) is 18.3 Å². The van der Waals surface area contributed by atoms with Gasteiger partial charge in [-0.2, -0.15) is 4.31 Å². The van der Waals surface area contributed by atoms with Gasteiger partial charge in [0, 0.05) is 45.1 Å². The molecule has 0 saturated carbocycles. The lowest BCUT2D eigenvalue weighted by Crippen LogP contribution is -2.37. The highest BCUT2D eigenvalue weighted by atomic mass is 32.2. The number of carboxylic acids is 1. The summed E-state index contributed by atoms with van der Waals surface area (Å²) in [5.41, 5.74) is 0.981. The standard InChI is InChI=1S/C13H19N3O4S/c1-21(19,20)16-6-5-15(9-12(10-16)13(17)18)8-11-3-2-4-14-7-11/h2-4,7,12H,5-6,8-10H2,1H3,(H,17,18)/t12-/m1/s1. The molecule has 1 atom stereocenters. The average Bonchev–Trinajstić information content (AvgIpc) is 2.62. The Morgan fingerprint density at radius 1 is 1.43 bits per heavy atom. The summed E-state index contributed by atoms with van der Waals surface area (Å²) in [5.74, 6) is -1.69. The van der Waals surface area contributed by atoms with Crippen LogP contribution in [0.3, 0.4) is 0 Å². The molecule has 0 aliphatic carbocycles. The Morgan fingerprint density at radius 2 is 2.19 bits per heavy atom. The van der Waals surface area contributed by atoms with E-state index < -0.39 is 21.9 Å². The molecule has 0 radical (unpaired) electrons. The van der Waals surface area contributed by atoms with Gasteiger partial charge in [-0.05, 0) is 11.6 Å². The molecule has 1 aromatic rings. The van der Waals surface area contributed by atoms with Crippen molar-refractivity contribution >= 4 is 16.0 Å². The number of pyridine rings is 1. The van der Waals surface area contributed by atoms with Crippen molar-refractivity contribution in [3.8, 4) is 0 Å². The molecule has 21 heavy (non-hydrogen) atoms. The molecule has 0 unspecified atom stereocenters. The van der Waals surface area contributed by atoms with Crippen molar-refractivity contribution in [1.29, 1.82) is 0 Å². The third-order valence-corrected chi connectivity index (χ3v) is 4.79. The first-order chi connectivity index (χ1) is 9.86. The second-order valence-electron chi connectivity index (χ2n) is 5.25. The van der Waals surface area contributed by atoms with E-state index in [1.807, 2.05) is 17.0 Å². The molecule has 8 heteroatoms. The first-order valence-electron chi connectivity index (χ1n) is 6.65. The smallest absolute Gasteiger partial charge is 0.309 e. The Balaban J connectivity index is 2.12. The molecule has 0 aromatic carbocycles. The number of sulfonamides is 1. The fourth-order valence-electron chi connectivity index (χ4n) is 2.40. The number of nitrogens with zero attached hydrogens (tertiary/aromatic N) is 3. The molecule has 2 heterocycles. The maximum Gasteiger partial charge on any atom is 0.309 e. The van der Waals surface area contributed by atoms with Crippen molar-refractivity contribution in [2.45, 2.75) is 6.54 Å². The predicted molar refractivity (Wildman–Crippen MR) is 77.1 cm³/mol. The summed E-state index contributed by atoms with van der Waals surface area (Å²) < 4.78 is 24.6. The minimum Gasteiger partial charge on any atom is -0.481 e. The third-order valence-electron chi connectivity index (χ3n) is 3.52. The van der Waals surface area contributed by atoms with E-state index >= 15 is 0 Å². The highest BCUT2D eigenvalue weighted by molar-refractivity contribution is 7.88. The average molecular weight is 313 g/mol. The molecule has 116 valence electrons. The molecule has 1 aromatic heterocycles. The fraction of sp³-hybridized carbons (Fsp3) is 0.538. The number of rotatable bonds is 4. The largest absolute Gasteiger partial charge is 0.481 e. The molecule has 0 amide bonds. The number of carbonyl (C=O) groups is 1. The van der Waals surface area contributed by atoms with E-state index in [0.29, 0.717) is 26.2 Å². The van der Waals surface area contributed by atoms with Gasteiger partial charge in [0.1, 0.15) is 0 Å². The summed E-state index contributed by atoms with van der Waals surface area (Å²) in [6, 6.07) is 3.74. The Labute approximate surface area is 124 Å². The summed E-state index contributed by atoms with van der Waals surface area (Å²) in [4.78, 5) is 17.3. The van der Waals surface area contributed by atoms with Crippen LogP contribution >= 0.6 is 0 Å². The van der Waals surface area contributed by atoms with Crippen molar-refractivity contribution in [2.24, 2.45) is 5.92 Å². The molecular weight excluding hydrogens is 294 g/mol. The Hall–Kier alpha value is -1.51. The van der Waals surface area contributed by atoms with Crippen LogP contribution in [0.15, 0.2) is 24.5 Å². The van der Waals surface area contributed by atoms with Crippen LogP contribution < -0.4 is 0 Å². The molecule has 1 saturated heterocycles. The number of aliphatic carboxylic acids is 1. The van der Waals surface area contributed by atoms with Gasteiger partial charge in [-0.25, -0.2) is 8.42 Å². The maximum atomic E-state index is 11.7. The normalized spacial score (nSPS) is 21.9. The molecule has 1 N–H and O–H groups in total. The molecule has 1 aliphatic rings. The summed E-state index contributed by atoms with van der Waals surface area (Å²) in [7, 11) is -3.38. The van der Waals surface area contributed by atoms with Gasteiger partial charge in [-0.15, -0.1) is 0 Å². The second kappa shape index (κ2) is 6.50. The third kappa shape index (κ3) is 4.48. The molecule has 0 bridgehead atoms. The summed E-state index contributed by atoms with van der Waals surface area (Å²) in [6.07, 6.45) is 4.52. The number of hydrogen-bond acceptors (Lipinski definition) is 5. The van der Waals surface area contributed by atoms with Crippen molar-refractivity contribution in [3.05, 3.63) is 30.1 Å². The number of hydrogen-bond donors (Lipinski definition) is 1. The first-order valence-corrected chi connectivity index (χ1v) is 8.50. The fourth-order valence-corrected chi connectivity index (χ4v) is 3.27. The zero-order valence-corrected chi connectivity index (χ0v) is 12.7. The topological polar surface area (TPSA) is 90.8 Å². The molecular formula is C13H19N3O4S. The highest BCUT2D eigenvalue weighted by Gasteiger charge is 2.31. The van der Waals surface area contributed by atoms with Crippen molar-refractivity contribution in [1.82, 2.24) is 14.2 Å². The maximum absolute atomic E-state index is 11.7. The van der Waals surface area contributed by atoms with Gasteiger partial charge >= 0.3 is 5.97 Å². The van der Waals surface area contributed by atoms with Gasteiger partial charge in [0.2, 0.25) is 10.0 Å². The van der Waals surface area contributed by atoms with Crippen LogP contribution in [0.25, 0.3) is 0 Å². The monoisotopic (exact) mass is 313 g/mol. The SMILES string of the molecule is CS(=O)(=O)N1CCN(Cc2cccnc2)C[C@@H](C(=O)O)C1. The van der Waals surface area contributed by atoms with Crippen LogP contribution in [0, 0.1) is 5.92 Å². The quantitative estimate of drug-likeness (QED) is 0.832. The van der Waals surface area contributed by atoms with E-state index in [-0.39, 0.29) is 6.54 Å². The van der Waals surface area contributed by atoms with Gasteiger partial charge < -0.3 is 5.11 Å². The minimum absolute atomic E-state index is 0.0255. The van der Waals surface area contributed by atoms with Gasteiger partial charge in [0.15, 0.2) is 0 Å².